The topological polar surface area (TPSA) is 110 Å². The summed E-state index contributed by atoms with van der Waals surface area (Å²) in [5.74, 6) is 0.957. The van der Waals surface area contributed by atoms with E-state index in [9.17, 15) is 14.4 Å². The third-order valence-corrected chi connectivity index (χ3v) is 8.12. The number of ether oxygens (including phenoxy) is 1. The first-order valence-electron chi connectivity index (χ1n) is 15.2. The van der Waals surface area contributed by atoms with Gasteiger partial charge >= 0.3 is 0 Å². The van der Waals surface area contributed by atoms with Gasteiger partial charge in [-0.25, -0.2) is 0 Å². The third-order valence-electron chi connectivity index (χ3n) is 8.12. The van der Waals surface area contributed by atoms with Crippen molar-refractivity contribution in [2.75, 3.05) is 36.5 Å². The number of pyridine rings is 2. The van der Waals surface area contributed by atoms with E-state index in [0.29, 0.717) is 54.3 Å². The van der Waals surface area contributed by atoms with Gasteiger partial charge in [-0.3, -0.25) is 19.4 Å². The van der Waals surface area contributed by atoms with Crippen molar-refractivity contribution >= 4 is 83.8 Å². The van der Waals surface area contributed by atoms with Gasteiger partial charge < -0.3 is 28.8 Å². The van der Waals surface area contributed by atoms with Crippen molar-refractivity contribution in [3.63, 3.8) is 0 Å². The molecule has 1 N–H and O–H groups in total. The molecular weight excluding hydrogens is 700 g/mol. The van der Waals surface area contributed by atoms with Gasteiger partial charge in [0.2, 0.25) is 11.8 Å². The van der Waals surface area contributed by atoms with Crippen molar-refractivity contribution in [3.05, 3.63) is 82.2 Å². The van der Waals surface area contributed by atoms with Crippen LogP contribution >= 0.6 is 49.6 Å². The Hall–Kier alpha value is -3.28. The van der Waals surface area contributed by atoms with Crippen molar-refractivity contribution in [1.82, 2.24) is 14.9 Å². The number of nitrogens with zero attached hydrogens (tertiary/aromatic N) is 4. The van der Waals surface area contributed by atoms with E-state index in [2.05, 4.69) is 16.4 Å². The van der Waals surface area contributed by atoms with Gasteiger partial charge in [0, 0.05) is 50.8 Å². The van der Waals surface area contributed by atoms with Crippen molar-refractivity contribution in [1.29, 1.82) is 0 Å². The zero-order chi connectivity index (χ0) is 31.4. The lowest BCUT2D eigenvalue weighted by molar-refractivity contribution is -0.137. The molecule has 2 amide bonds. The number of carbonyl (C=O) groups is 2. The van der Waals surface area contributed by atoms with Gasteiger partial charge in [-0.15, -0.1) is 49.6 Å². The predicted molar refractivity (Wildman–Crippen MR) is 200 cm³/mol. The lowest BCUT2D eigenvalue weighted by atomic mass is 9.90. The Morgan fingerprint density at radius 1 is 0.938 bits per heavy atom. The Balaban J connectivity index is 0.00000288. The van der Waals surface area contributed by atoms with Crippen molar-refractivity contribution in [3.8, 4) is 5.75 Å². The minimum Gasteiger partial charge on any atom is -0.493 e. The number of amides is 2. The summed E-state index contributed by atoms with van der Waals surface area (Å²) in [7, 11) is 1.71. The number of hydrogen-bond acceptors (Lipinski definition) is 7. The standard InChI is InChI=1S/C34H41N5O5.4ClH/c1-6-39-28-11-10-26(21-29(28)37(5)32(41)34(3,4)33(39)42)43-18-8-14-35-22-24-12-15-36-25(20-24)9-7-16-38-17-13-30-27(31(38)40)19-23(2)44-30;;;;/h10-13,15,17,19-21,35H,6-9,14,16,18,22H2,1-5H3;4*1H. The molecule has 1 aliphatic heterocycles. The van der Waals surface area contributed by atoms with Gasteiger partial charge in [0.15, 0.2) is 0 Å². The number of aromatic nitrogens is 2. The quantitative estimate of drug-likeness (QED) is 0.130. The van der Waals surface area contributed by atoms with Crippen LogP contribution in [0.2, 0.25) is 0 Å². The monoisotopic (exact) mass is 743 g/mol. The van der Waals surface area contributed by atoms with Crippen LogP contribution in [0.4, 0.5) is 11.4 Å². The summed E-state index contributed by atoms with van der Waals surface area (Å²) in [4.78, 5) is 46.6. The Bertz CT molecular complexity index is 1740. The molecule has 0 saturated heterocycles. The smallest absolute Gasteiger partial charge is 0.261 e. The molecule has 0 bridgehead atoms. The molecule has 0 radical (unpaired) electrons. The molecule has 0 spiro atoms. The predicted octanol–water partition coefficient (Wildman–Crippen LogP) is 6.53. The maximum Gasteiger partial charge on any atom is 0.261 e. The SMILES string of the molecule is CCN1C(=O)C(C)(C)C(=O)N(C)c2cc(OCCCNCc3ccnc(CCCn4ccc5oc(C)cc5c4=O)c3)ccc21.Cl.Cl.Cl.Cl. The molecule has 10 nitrogen and oxygen atoms in total. The highest BCUT2D eigenvalue weighted by Gasteiger charge is 2.45. The molecule has 0 aliphatic carbocycles. The molecule has 0 atom stereocenters. The third kappa shape index (κ3) is 9.24. The van der Waals surface area contributed by atoms with Gasteiger partial charge in [-0.05, 0) is 95.5 Å². The summed E-state index contributed by atoms with van der Waals surface area (Å²) in [5, 5.41) is 4.08. The summed E-state index contributed by atoms with van der Waals surface area (Å²) >= 11 is 0. The first-order valence-corrected chi connectivity index (χ1v) is 15.2. The van der Waals surface area contributed by atoms with Crippen molar-refractivity contribution in [2.24, 2.45) is 5.41 Å². The number of furan rings is 1. The van der Waals surface area contributed by atoms with Gasteiger partial charge in [0.25, 0.3) is 5.56 Å². The van der Waals surface area contributed by atoms with Crippen LogP contribution in [-0.4, -0.2) is 48.1 Å². The summed E-state index contributed by atoms with van der Waals surface area (Å²) in [6, 6.07) is 13.3. The van der Waals surface area contributed by atoms with E-state index in [0.717, 1.165) is 42.8 Å². The Morgan fingerprint density at radius 3 is 2.42 bits per heavy atom. The van der Waals surface area contributed by atoms with E-state index >= 15 is 0 Å². The molecule has 1 aromatic carbocycles. The van der Waals surface area contributed by atoms with Gasteiger partial charge in [0.1, 0.15) is 22.5 Å². The van der Waals surface area contributed by atoms with Gasteiger partial charge in [-0.1, -0.05) is 0 Å². The van der Waals surface area contributed by atoms with Crippen LogP contribution in [0.5, 0.6) is 5.75 Å². The number of aryl methyl sites for hydroxylation is 3. The van der Waals surface area contributed by atoms with E-state index < -0.39 is 5.41 Å². The zero-order valence-corrected chi connectivity index (χ0v) is 31.1. The lowest BCUT2D eigenvalue weighted by Gasteiger charge is -2.27. The number of carbonyl (C=O) groups excluding carboxylic acids is 2. The molecule has 3 aromatic heterocycles. The van der Waals surface area contributed by atoms with E-state index in [1.54, 1.807) is 47.5 Å². The molecule has 1 aliphatic rings. The maximum atomic E-state index is 13.1. The normalized spacial score (nSPS) is 13.4. The molecule has 4 heterocycles. The average Bonchev–Trinajstić information content (AvgIpc) is 3.39. The number of rotatable bonds is 12. The second kappa shape index (κ2) is 18.5. The summed E-state index contributed by atoms with van der Waals surface area (Å²) in [5.41, 5.74) is 3.00. The van der Waals surface area contributed by atoms with Crippen LogP contribution in [-0.2, 0) is 29.1 Å². The van der Waals surface area contributed by atoms with E-state index in [1.165, 1.54) is 0 Å². The fraction of sp³-hybridized carbons (Fsp3) is 0.412. The second-order valence-corrected chi connectivity index (χ2v) is 11.8. The van der Waals surface area contributed by atoms with Crippen LogP contribution in [0.25, 0.3) is 11.0 Å². The molecule has 0 fully saturated rings. The summed E-state index contributed by atoms with van der Waals surface area (Å²) in [6.07, 6.45) is 6.00. The molecule has 0 saturated carbocycles. The number of benzene rings is 1. The number of hydrogen-bond donors (Lipinski definition) is 1. The van der Waals surface area contributed by atoms with Crippen molar-refractivity contribution < 1.29 is 18.7 Å². The van der Waals surface area contributed by atoms with E-state index in [-0.39, 0.29) is 67.0 Å². The van der Waals surface area contributed by atoms with Crippen LogP contribution < -0.4 is 25.4 Å². The minimum atomic E-state index is -1.14. The average molecular weight is 746 g/mol. The van der Waals surface area contributed by atoms with Crippen LogP contribution in [0.1, 0.15) is 50.6 Å². The first-order chi connectivity index (χ1) is 21.1. The number of fused-ring (bicyclic) bond motifs is 2. The lowest BCUT2D eigenvalue weighted by Crippen LogP contribution is -2.47. The van der Waals surface area contributed by atoms with Gasteiger partial charge in [0.05, 0.1) is 23.4 Å². The van der Waals surface area contributed by atoms with E-state index in [1.807, 2.05) is 50.4 Å². The van der Waals surface area contributed by atoms with Crippen LogP contribution in [0.15, 0.2) is 64.1 Å². The molecule has 14 heteroatoms. The maximum absolute atomic E-state index is 13.1. The van der Waals surface area contributed by atoms with Crippen LogP contribution in [0.3, 0.4) is 0 Å². The second-order valence-electron chi connectivity index (χ2n) is 11.8. The largest absolute Gasteiger partial charge is 0.493 e. The minimum absolute atomic E-state index is 0. The van der Waals surface area contributed by atoms with Crippen molar-refractivity contribution in [2.45, 2.75) is 60.0 Å². The molecular formula is C34H45Cl4N5O5. The molecule has 48 heavy (non-hydrogen) atoms. The highest BCUT2D eigenvalue weighted by atomic mass is 35.5. The van der Waals surface area contributed by atoms with E-state index in [4.69, 9.17) is 9.15 Å². The molecule has 0 unspecified atom stereocenters. The Kier molecular flexibility index (Phi) is 16.4. The fourth-order valence-electron chi connectivity index (χ4n) is 5.68. The number of anilines is 2. The summed E-state index contributed by atoms with van der Waals surface area (Å²) in [6.45, 7) is 10.2. The highest BCUT2D eigenvalue weighted by molar-refractivity contribution is 6.20. The molecule has 4 aromatic rings. The zero-order valence-electron chi connectivity index (χ0n) is 27.8. The number of nitrogens with one attached hydrogen (secondary N) is 1. The first kappa shape index (κ1) is 42.7. The fourth-order valence-corrected chi connectivity index (χ4v) is 5.68. The molecule has 264 valence electrons. The van der Waals surface area contributed by atoms with Gasteiger partial charge in [-0.2, -0.15) is 0 Å². The highest BCUT2D eigenvalue weighted by Crippen LogP contribution is 2.40. The van der Waals surface area contributed by atoms with Crippen LogP contribution in [0, 0.1) is 12.3 Å². The molecule has 5 rings (SSSR count). The Labute approximate surface area is 306 Å². The summed E-state index contributed by atoms with van der Waals surface area (Å²) < 4.78 is 13.3. The Morgan fingerprint density at radius 2 is 1.69 bits per heavy atom. The number of halogens is 4.